The molecule has 1 aliphatic carbocycles. The molecular formula is C30H41N5O. The zero-order valence-corrected chi connectivity index (χ0v) is 22.6. The molecule has 5 rings (SSSR count). The summed E-state index contributed by atoms with van der Waals surface area (Å²) in [5.74, 6) is 1.04. The van der Waals surface area contributed by atoms with Crippen molar-refractivity contribution in [3.05, 3.63) is 52.1 Å². The summed E-state index contributed by atoms with van der Waals surface area (Å²) in [5, 5.41) is 5.58. The summed E-state index contributed by atoms with van der Waals surface area (Å²) in [5.41, 5.74) is 9.65. The summed E-state index contributed by atoms with van der Waals surface area (Å²) in [6, 6.07) is 7.86. The van der Waals surface area contributed by atoms with Gasteiger partial charge >= 0.3 is 0 Å². The van der Waals surface area contributed by atoms with E-state index < -0.39 is 0 Å². The van der Waals surface area contributed by atoms with Crippen LogP contribution in [0.2, 0.25) is 0 Å². The molecule has 0 amide bonds. The Balaban J connectivity index is 1.50. The van der Waals surface area contributed by atoms with E-state index in [-0.39, 0.29) is 0 Å². The minimum absolute atomic E-state index is 0.390. The number of fused-ring (bicyclic) bond motifs is 1. The van der Waals surface area contributed by atoms with E-state index in [1.807, 2.05) is 7.05 Å². The molecule has 0 radical (unpaired) electrons. The minimum atomic E-state index is 0.390. The molecule has 0 bridgehead atoms. The van der Waals surface area contributed by atoms with Crippen molar-refractivity contribution in [1.82, 2.24) is 14.6 Å². The maximum Gasteiger partial charge on any atom is 0.151 e. The monoisotopic (exact) mass is 487 g/mol. The van der Waals surface area contributed by atoms with Gasteiger partial charge in [-0.1, -0.05) is 19.9 Å². The molecule has 36 heavy (non-hydrogen) atoms. The Kier molecular flexibility index (Phi) is 7.18. The maximum absolute atomic E-state index is 5.57. The van der Waals surface area contributed by atoms with Gasteiger partial charge in [-0.2, -0.15) is 5.10 Å². The molecule has 6 nitrogen and oxygen atoms in total. The van der Waals surface area contributed by atoms with Crippen LogP contribution in [-0.4, -0.2) is 60.7 Å². The third-order valence-corrected chi connectivity index (χ3v) is 8.57. The molecule has 6 heteroatoms. The van der Waals surface area contributed by atoms with Crippen LogP contribution in [0, 0.1) is 13.8 Å². The van der Waals surface area contributed by atoms with E-state index in [1.165, 1.54) is 64.5 Å². The Morgan fingerprint density at radius 3 is 2.42 bits per heavy atom. The van der Waals surface area contributed by atoms with Crippen molar-refractivity contribution < 1.29 is 4.74 Å². The normalized spacial score (nSPS) is 22.0. The van der Waals surface area contributed by atoms with E-state index in [0.29, 0.717) is 11.8 Å². The van der Waals surface area contributed by atoms with Crippen LogP contribution in [0.3, 0.4) is 0 Å². The summed E-state index contributed by atoms with van der Waals surface area (Å²) in [7, 11) is 1.81. The molecule has 2 aliphatic rings. The highest BCUT2D eigenvalue weighted by molar-refractivity contribution is 5.92. The number of hydrogen-bond acceptors (Lipinski definition) is 4. The number of nitrogens with one attached hydrogen (secondary N) is 1. The van der Waals surface area contributed by atoms with Crippen LogP contribution in [0.25, 0.3) is 22.2 Å². The van der Waals surface area contributed by atoms with E-state index in [0.717, 1.165) is 43.4 Å². The number of hydrogen-bond donors (Lipinski definition) is 1. The average Bonchev–Trinajstić information content (AvgIpc) is 3.29. The predicted octanol–water partition coefficient (Wildman–Crippen LogP) is 5.73. The first-order valence-electron chi connectivity index (χ1n) is 13.5. The summed E-state index contributed by atoms with van der Waals surface area (Å²) in [6.07, 6.45) is 7.20. The van der Waals surface area contributed by atoms with Crippen molar-refractivity contribution in [2.75, 3.05) is 33.4 Å². The number of nitrogens with zero attached hydrogens (tertiary/aromatic N) is 4. The molecule has 1 aromatic carbocycles. The quantitative estimate of drug-likeness (QED) is 0.467. The SMILES string of the molecule is C=Nn1cc(-c2[nH]c3ccc(C4CCC(N5CCOCC5)CC4)cc3c2C(C)C)c(C)c(C)/c1=N/C. The lowest BCUT2D eigenvalue weighted by molar-refractivity contribution is 0.00730. The second kappa shape index (κ2) is 10.3. The van der Waals surface area contributed by atoms with Gasteiger partial charge in [-0.05, 0) is 85.8 Å². The molecule has 0 atom stereocenters. The fourth-order valence-corrected chi connectivity index (χ4v) is 6.47. The lowest BCUT2D eigenvalue weighted by Crippen LogP contribution is -2.44. The van der Waals surface area contributed by atoms with Crippen molar-refractivity contribution in [2.24, 2.45) is 10.1 Å². The number of ether oxygens (including phenoxy) is 1. The summed E-state index contributed by atoms with van der Waals surface area (Å²) in [4.78, 5) is 10.9. The molecule has 192 valence electrons. The van der Waals surface area contributed by atoms with Crippen molar-refractivity contribution in [3.8, 4) is 11.3 Å². The van der Waals surface area contributed by atoms with Crippen LogP contribution >= 0.6 is 0 Å². The highest BCUT2D eigenvalue weighted by Crippen LogP contribution is 2.40. The van der Waals surface area contributed by atoms with Gasteiger partial charge < -0.3 is 9.72 Å². The number of pyridine rings is 1. The number of aromatic amines is 1. The molecule has 1 N–H and O–H groups in total. The van der Waals surface area contributed by atoms with Crippen molar-refractivity contribution >= 4 is 17.6 Å². The van der Waals surface area contributed by atoms with Crippen LogP contribution < -0.4 is 5.49 Å². The number of morpholine rings is 1. The fraction of sp³-hybridized carbons (Fsp3) is 0.533. The first-order valence-corrected chi connectivity index (χ1v) is 13.5. The standard InChI is InChI=1S/C30H41N5O/c1-19(2)28-25-17-23(22-7-10-24(11-8-22)34-13-15-36-16-14-34)9-12-27(25)33-29(28)26-18-35(32-6)30(31-5)21(4)20(26)3/h9,12,17-19,22,24,33H,6-8,10-11,13-16H2,1-5H3/b31-30-. The van der Waals surface area contributed by atoms with E-state index in [1.54, 1.807) is 4.68 Å². The van der Waals surface area contributed by atoms with E-state index in [4.69, 9.17) is 4.74 Å². The first-order chi connectivity index (χ1) is 17.4. The average molecular weight is 488 g/mol. The van der Waals surface area contributed by atoms with Crippen LogP contribution in [0.4, 0.5) is 0 Å². The highest BCUT2D eigenvalue weighted by Gasteiger charge is 2.28. The van der Waals surface area contributed by atoms with Gasteiger partial charge in [-0.25, -0.2) is 4.68 Å². The van der Waals surface area contributed by atoms with E-state index in [9.17, 15) is 0 Å². The summed E-state index contributed by atoms with van der Waals surface area (Å²) < 4.78 is 7.36. The molecule has 1 saturated carbocycles. The Bertz CT molecular complexity index is 1320. The second-order valence-corrected chi connectivity index (χ2v) is 10.9. The molecular weight excluding hydrogens is 446 g/mol. The van der Waals surface area contributed by atoms with Gasteiger partial charge in [-0.3, -0.25) is 9.89 Å². The van der Waals surface area contributed by atoms with Crippen molar-refractivity contribution in [3.63, 3.8) is 0 Å². The number of rotatable bonds is 5. The number of aromatic nitrogens is 2. The summed E-state index contributed by atoms with van der Waals surface area (Å²) >= 11 is 0. The molecule has 2 fully saturated rings. The molecule has 1 saturated heterocycles. The van der Waals surface area contributed by atoms with Crippen LogP contribution in [-0.2, 0) is 4.74 Å². The van der Waals surface area contributed by atoms with Crippen LogP contribution in [0.1, 0.15) is 73.6 Å². The maximum atomic E-state index is 5.57. The molecule has 0 unspecified atom stereocenters. The second-order valence-electron chi connectivity index (χ2n) is 10.9. The zero-order valence-electron chi connectivity index (χ0n) is 22.6. The topological polar surface area (TPSA) is 57.9 Å². The number of H-pyrrole nitrogens is 1. The smallest absolute Gasteiger partial charge is 0.151 e. The molecule has 2 aromatic heterocycles. The Morgan fingerprint density at radius 1 is 1.06 bits per heavy atom. The highest BCUT2D eigenvalue weighted by atomic mass is 16.5. The Hall–Kier alpha value is -2.70. The van der Waals surface area contributed by atoms with Gasteiger partial charge in [0.25, 0.3) is 0 Å². The Morgan fingerprint density at radius 2 is 1.78 bits per heavy atom. The van der Waals surface area contributed by atoms with E-state index in [2.05, 4.69) is 78.8 Å². The predicted molar refractivity (Wildman–Crippen MR) is 149 cm³/mol. The van der Waals surface area contributed by atoms with Gasteiger partial charge in [0.15, 0.2) is 5.49 Å². The fourth-order valence-electron chi connectivity index (χ4n) is 6.47. The Labute approximate surface area is 215 Å². The van der Waals surface area contributed by atoms with E-state index >= 15 is 0 Å². The van der Waals surface area contributed by atoms with Gasteiger partial charge in [0.2, 0.25) is 0 Å². The summed E-state index contributed by atoms with van der Waals surface area (Å²) in [6.45, 7) is 16.6. The number of benzene rings is 1. The van der Waals surface area contributed by atoms with Gasteiger partial charge in [0.1, 0.15) is 0 Å². The lowest BCUT2D eigenvalue weighted by atomic mass is 9.80. The molecule has 0 spiro atoms. The minimum Gasteiger partial charge on any atom is -0.379 e. The molecule has 1 aliphatic heterocycles. The largest absolute Gasteiger partial charge is 0.379 e. The van der Waals surface area contributed by atoms with Gasteiger partial charge in [0, 0.05) is 55.6 Å². The molecule has 3 aromatic rings. The lowest BCUT2D eigenvalue weighted by Gasteiger charge is -2.38. The van der Waals surface area contributed by atoms with Crippen molar-refractivity contribution in [1.29, 1.82) is 0 Å². The van der Waals surface area contributed by atoms with Crippen molar-refractivity contribution in [2.45, 2.75) is 71.3 Å². The van der Waals surface area contributed by atoms with Crippen LogP contribution in [0.15, 0.2) is 34.5 Å². The third-order valence-electron chi connectivity index (χ3n) is 8.57. The van der Waals surface area contributed by atoms with Gasteiger partial charge in [0.05, 0.1) is 18.9 Å². The van der Waals surface area contributed by atoms with Gasteiger partial charge in [-0.15, -0.1) is 0 Å². The third kappa shape index (κ3) is 4.46. The van der Waals surface area contributed by atoms with Crippen LogP contribution in [0.5, 0.6) is 0 Å². The zero-order chi connectivity index (χ0) is 25.4. The first kappa shape index (κ1) is 25.0. The molecule has 3 heterocycles.